The van der Waals surface area contributed by atoms with Crippen LogP contribution >= 0.6 is 0 Å². The maximum absolute atomic E-state index is 13.2. The van der Waals surface area contributed by atoms with E-state index in [9.17, 15) is 4.79 Å². The number of rotatable bonds is 6. The Bertz CT molecular complexity index is 616. The third-order valence-electron chi connectivity index (χ3n) is 5.73. The number of nitrogens with zero attached hydrogens (tertiary/aromatic N) is 3. The summed E-state index contributed by atoms with van der Waals surface area (Å²) in [6, 6.07) is 6.65. The van der Waals surface area contributed by atoms with E-state index in [2.05, 4.69) is 47.2 Å². The van der Waals surface area contributed by atoms with Gasteiger partial charge in [0.1, 0.15) is 0 Å². The molecule has 26 heavy (non-hydrogen) atoms. The van der Waals surface area contributed by atoms with Crippen LogP contribution in [0.4, 0.5) is 5.69 Å². The van der Waals surface area contributed by atoms with Crippen LogP contribution in [0.15, 0.2) is 18.2 Å². The number of likely N-dealkylation sites (tertiary alicyclic amines) is 1. The molecule has 0 saturated carbocycles. The van der Waals surface area contributed by atoms with E-state index in [1.807, 2.05) is 12.1 Å². The number of nitrogens with one attached hydrogen (secondary N) is 1. The first-order valence-corrected chi connectivity index (χ1v) is 10.1. The Morgan fingerprint density at radius 2 is 2.08 bits per heavy atom. The third kappa shape index (κ3) is 4.57. The van der Waals surface area contributed by atoms with Gasteiger partial charge < -0.3 is 20.0 Å². The number of hydrogen-bond acceptors (Lipinski definition) is 4. The van der Waals surface area contributed by atoms with Gasteiger partial charge in [-0.2, -0.15) is 0 Å². The molecule has 0 bridgehead atoms. The minimum Gasteiger partial charge on any atom is -0.384 e. The summed E-state index contributed by atoms with van der Waals surface area (Å²) in [5.74, 6) is 0.197. The van der Waals surface area contributed by atoms with E-state index >= 15 is 0 Å². The van der Waals surface area contributed by atoms with E-state index in [0.29, 0.717) is 6.04 Å². The maximum atomic E-state index is 13.2. The number of aryl methyl sites for hydroxylation is 1. The largest absolute Gasteiger partial charge is 0.384 e. The number of carbonyl (C=O) groups excluding carboxylic acids is 1. The zero-order chi connectivity index (χ0) is 18.5. The minimum atomic E-state index is 0.197. The SMILES string of the molecule is CN(C)CCCN(C)[C@@H]1CCCN(C(=O)c2cccc3c2NCCC3)C1. The molecule has 5 heteroatoms. The Balaban J connectivity index is 1.63. The lowest BCUT2D eigenvalue weighted by Gasteiger charge is -2.38. The van der Waals surface area contributed by atoms with Crippen molar-refractivity contribution < 1.29 is 4.79 Å². The van der Waals surface area contributed by atoms with Crippen molar-refractivity contribution in [3.8, 4) is 0 Å². The van der Waals surface area contributed by atoms with Crippen molar-refractivity contribution in [1.82, 2.24) is 14.7 Å². The summed E-state index contributed by atoms with van der Waals surface area (Å²) in [5, 5.41) is 3.46. The van der Waals surface area contributed by atoms with Gasteiger partial charge in [0.25, 0.3) is 5.91 Å². The molecule has 1 N–H and O–H groups in total. The minimum absolute atomic E-state index is 0.197. The molecule has 0 spiro atoms. The molecule has 1 saturated heterocycles. The first kappa shape index (κ1) is 19.2. The molecule has 1 aromatic rings. The van der Waals surface area contributed by atoms with Crippen LogP contribution in [0.2, 0.25) is 0 Å². The smallest absolute Gasteiger partial charge is 0.256 e. The molecule has 2 aliphatic heterocycles. The highest BCUT2D eigenvalue weighted by Gasteiger charge is 2.28. The Labute approximate surface area is 158 Å². The van der Waals surface area contributed by atoms with Gasteiger partial charge in [0.05, 0.1) is 11.3 Å². The van der Waals surface area contributed by atoms with Crippen LogP contribution in [0.1, 0.15) is 41.6 Å². The molecule has 3 rings (SSSR count). The van der Waals surface area contributed by atoms with Gasteiger partial charge >= 0.3 is 0 Å². The van der Waals surface area contributed by atoms with Gasteiger partial charge in [-0.1, -0.05) is 12.1 Å². The maximum Gasteiger partial charge on any atom is 0.256 e. The standard InChI is InChI=1S/C21H34N4O/c1-23(2)13-7-14-24(3)18-10-6-15-25(16-18)21(26)19-11-4-8-17-9-5-12-22-20(17)19/h4,8,11,18,22H,5-7,9-10,12-16H2,1-3H3/t18-/m1/s1. The summed E-state index contributed by atoms with van der Waals surface area (Å²) >= 11 is 0. The van der Waals surface area contributed by atoms with E-state index in [1.54, 1.807) is 0 Å². The van der Waals surface area contributed by atoms with Crippen LogP contribution in [0.3, 0.4) is 0 Å². The highest BCUT2D eigenvalue weighted by molar-refractivity contribution is 6.00. The van der Waals surface area contributed by atoms with Crippen LogP contribution in [0.5, 0.6) is 0 Å². The fraction of sp³-hybridized carbons (Fsp3) is 0.667. The number of fused-ring (bicyclic) bond motifs is 1. The van der Waals surface area contributed by atoms with E-state index in [4.69, 9.17) is 0 Å². The Morgan fingerprint density at radius 1 is 1.23 bits per heavy atom. The van der Waals surface area contributed by atoms with E-state index < -0.39 is 0 Å². The first-order chi connectivity index (χ1) is 12.6. The third-order valence-corrected chi connectivity index (χ3v) is 5.73. The second-order valence-electron chi connectivity index (χ2n) is 8.05. The molecule has 1 aromatic carbocycles. The molecule has 0 radical (unpaired) electrons. The van der Waals surface area contributed by atoms with E-state index in [0.717, 1.165) is 63.2 Å². The number of hydrogen-bond donors (Lipinski definition) is 1. The van der Waals surface area contributed by atoms with Gasteiger partial charge in [-0.3, -0.25) is 4.79 Å². The number of benzene rings is 1. The van der Waals surface area contributed by atoms with Crippen molar-refractivity contribution in [2.45, 2.75) is 38.1 Å². The van der Waals surface area contributed by atoms with Crippen LogP contribution in [-0.4, -0.2) is 80.5 Å². The van der Waals surface area contributed by atoms with Crippen molar-refractivity contribution in [1.29, 1.82) is 0 Å². The van der Waals surface area contributed by atoms with Gasteiger partial charge in [-0.15, -0.1) is 0 Å². The second-order valence-corrected chi connectivity index (χ2v) is 8.05. The predicted molar refractivity (Wildman–Crippen MR) is 108 cm³/mol. The van der Waals surface area contributed by atoms with Crippen molar-refractivity contribution >= 4 is 11.6 Å². The van der Waals surface area contributed by atoms with E-state index in [-0.39, 0.29) is 5.91 Å². The molecule has 1 fully saturated rings. The molecule has 1 atom stereocenters. The van der Waals surface area contributed by atoms with Gasteiger partial charge in [0.15, 0.2) is 0 Å². The lowest BCUT2D eigenvalue weighted by atomic mass is 9.97. The number of piperidine rings is 1. The van der Waals surface area contributed by atoms with Crippen molar-refractivity contribution in [3.05, 3.63) is 29.3 Å². The number of amides is 1. The van der Waals surface area contributed by atoms with Crippen LogP contribution in [-0.2, 0) is 6.42 Å². The van der Waals surface area contributed by atoms with Crippen LogP contribution in [0.25, 0.3) is 0 Å². The van der Waals surface area contributed by atoms with Crippen LogP contribution < -0.4 is 5.32 Å². The molecule has 0 aromatic heterocycles. The normalized spacial score (nSPS) is 20.2. The summed E-state index contributed by atoms with van der Waals surface area (Å²) in [7, 11) is 6.45. The summed E-state index contributed by atoms with van der Waals surface area (Å²) in [4.78, 5) is 20.0. The fourth-order valence-electron chi connectivity index (χ4n) is 4.18. The summed E-state index contributed by atoms with van der Waals surface area (Å²) in [5.41, 5.74) is 3.22. The Hall–Kier alpha value is -1.59. The number of para-hydroxylation sites is 1. The van der Waals surface area contributed by atoms with Gasteiger partial charge in [0, 0.05) is 25.7 Å². The summed E-state index contributed by atoms with van der Waals surface area (Å²) in [6.45, 7) is 4.90. The van der Waals surface area contributed by atoms with Gasteiger partial charge in [-0.25, -0.2) is 0 Å². The molecule has 5 nitrogen and oxygen atoms in total. The fourth-order valence-corrected chi connectivity index (χ4v) is 4.18. The quantitative estimate of drug-likeness (QED) is 0.848. The number of anilines is 1. The van der Waals surface area contributed by atoms with Crippen molar-refractivity contribution in [2.24, 2.45) is 0 Å². The molecular weight excluding hydrogens is 324 g/mol. The lowest BCUT2D eigenvalue weighted by molar-refractivity contribution is 0.0608. The molecule has 144 valence electrons. The predicted octanol–water partition coefficient (Wildman–Crippen LogP) is 2.53. The zero-order valence-corrected chi connectivity index (χ0v) is 16.6. The van der Waals surface area contributed by atoms with Crippen molar-refractivity contribution in [3.63, 3.8) is 0 Å². The van der Waals surface area contributed by atoms with Crippen molar-refractivity contribution in [2.75, 3.05) is 59.2 Å². The summed E-state index contributed by atoms with van der Waals surface area (Å²) < 4.78 is 0. The summed E-state index contributed by atoms with van der Waals surface area (Å²) in [6.07, 6.45) is 5.67. The molecule has 2 aliphatic rings. The number of likely N-dealkylation sites (N-methyl/N-ethyl adjacent to an activating group) is 1. The Morgan fingerprint density at radius 3 is 2.88 bits per heavy atom. The molecular formula is C21H34N4O. The highest BCUT2D eigenvalue weighted by Crippen LogP contribution is 2.28. The zero-order valence-electron chi connectivity index (χ0n) is 16.6. The molecule has 0 aliphatic carbocycles. The monoisotopic (exact) mass is 358 g/mol. The van der Waals surface area contributed by atoms with E-state index in [1.165, 1.54) is 18.4 Å². The first-order valence-electron chi connectivity index (χ1n) is 10.1. The average molecular weight is 359 g/mol. The highest BCUT2D eigenvalue weighted by atomic mass is 16.2. The average Bonchev–Trinajstić information content (AvgIpc) is 2.66. The molecule has 2 heterocycles. The topological polar surface area (TPSA) is 38.8 Å². The van der Waals surface area contributed by atoms with Crippen LogP contribution in [0, 0.1) is 0 Å². The Kier molecular flexibility index (Phi) is 6.54. The number of carbonyl (C=O) groups is 1. The molecule has 1 amide bonds. The van der Waals surface area contributed by atoms with Gasteiger partial charge in [-0.05, 0) is 78.0 Å². The molecule has 0 unspecified atom stereocenters. The second kappa shape index (κ2) is 8.87. The lowest BCUT2D eigenvalue weighted by Crippen LogP contribution is -2.49. The van der Waals surface area contributed by atoms with Gasteiger partial charge in [0.2, 0.25) is 0 Å².